The molecule has 180 valence electrons. The molecule has 0 aromatic heterocycles. The largest absolute Gasteiger partial charge is 0.468 e. The molecule has 0 saturated heterocycles. The van der Waals surface area contributed by atoms with Crippen molar-refractivity contribution in [2.24, 2.45) is 5.92 Å². The first-order valence-corrected chi connectivity index (χ1v) is 10.7. The van der Waals surface area contributed by atoms with E-state index in [-0.39, 0.29) is 12.1 Å². The number of benzene rings is 2. The Hall–Kier alpha value is -3.88. The molecule has 1 atom stereocenters. The van der Waals surface area contributed by atoms with Crippen LogP contribution in [0.1, 0.15) is 31.9 Å². The zero-order valence-electron chi connectivity index (χ0n) is 19.8. The number of esters is 2. The van der Waals surface area contributed by atoms with Crippen LogP contribution in [0.3, 0.4) is 0 Å². The average Bonchev–Trinajstić information content (AvgIpc) is 3.01. The van der Waals surface area contributed by atoms with Crippen LogP contribution in [-0.4, -0.2) is 43.8 Å². The minimum Gasteiger partial charge on any atom is -0.468 e. The van der Waals surface area contributed by atoms with Crippen molar-refractivity contribution in [1.29, 1.82) is 0 Å². The van der Waals surface area contributed by atoms with Gasteiger partial charge in [-0.1, -0.05) is 48.5 Å². The number of amides is 2. The fourth-order valence-electron chi connectivity index (χ4n) is 4.02. The Labute approximate surface area is 198 Å². The maximum absolute atomic E-state index is 14.1. The van der Waals surface area contributed by atoms with Crippen LogP contribution in [0.2, 0.25) is 0 Å². The van der Waals surface area contributed by atoms with Gasteiger partial charge >= 0.3 is 18.0 Å². The standard InChI is InChI=1S/C25H28N2O7/c1-24(2,3)34-23(31)26-25(19(20(28)32-4)21(29)33-5)17-13-9-10-14-18(17)27(22(25)30)15-16-11-7-6-8-12-16/h6-14,19H,15H2,1-5H3,(H,26,31)/t25-/m1/s1. The summed E-state index contributed by atoms with van der Waals surface area (Å²) in [5.74, 6) is -4.58. The maximum atomic E-state index is 14.1. The van der Waals surface area contributed by atoms with Crippen molar-refractivity contribution in [2.45, 2.75) is 38.5 Å². The molecule has 1 aliphatic heterocycles. The summed E-state index contributed by atoms with van der Waals surface area (Å²) in [7, 11) is 2.18. The predicted octanol–water partition coefficient (Wildman–Crippen LogP) is 2.92. The molecule has 0 fully saturated rings. The van der Waals surface area contributed by atoms with Gasteiger partial charge in [0.1, 0.15) is 5.60 Å². The van der Waals surface area contributed by atoms with Gasteiger partial charge in [-0.25, -0.2) is 4.79 Å². The molecule has 2 aromatic carbocycles. The molecular weight excluding hydrogens is 440 g/mol. The molecule has 1 heterocycles. The molecule has 0 radical (unpaired) electrons. The Morgan fingerprint density at radius 2 is 1.50 bits per heavy atom. The van der Waals surface area contributed by atoms with Gasteiger partial charge in [-0.2, -0.15) is 0 Å². The second-order valence-corrected chi connectivity index (χ2v) is 8.81. The Kier molecular flexibility index (Phi) is 6.95. The third-order valence-electron chi connectivity index (χ3n) is 5.39. The van der Waals surface area contributed by atoms with Crippen molar-refractivity contribution < 1.29 is 33.4 Å². The number of methoxy groups -OCH3 is 2. The first-order valence-electron chi connectivity index (χ1n) is 10.7. The number of carbonyl (C=O) groups is 4. The molecule has 0 saturated carbocycles. The van der Waals surface area contributed by atoms with Crippen LogP contribution in [0.4, 0.5) is 10.5 Å². The van der Waals surface area contributed by atoms with Crippen molar-refractivity contribution in [2.75, 3.05) is 19.1 Å². The lowest BCUT2D eigenvalue weighted by Crippen LogP contribution is -2.62. The fraction of sp³-hybridized carbons (Fsp3) is 0.360. The summed E-state index contributed by atoms with van der Waals surface area (Å²) in [6, 6.07) is 15.8. The highest BCUT2D eigenvalue weighted by Gasteiger charge is 2.63. The number of fused-ring (bicyclic) bond motifs is 1. The van der Waals surface area contributed by atoms with Crippen molar-refractivity contribution in [3.8, 4) is 0 Å². The van der Waals surface area contributed by atoms with Gasteiger partial charge in [0.15, 0.2) is 11.5 Å². The highest BCUT2D eigenvalue weighted by Crippen LogP contribution is 2.46. The quantitative estimate of drug-likeness (QED) is 0.394. The van der Waals surface area contributed by atoms with Crippen LogP contribution in [0.15, 0.2) is 54.6 Å². The number of para-hydroxylation sites is 1. The number of carbonyl (C=O) groups excluding carboxylic acids is 4. The summed E-state index contributed by atoms with van der Waals surface area (Å²) in [6.07, 6.45) is -0.977. The number of nitrogens with one attached hydrogen (secondary N) is 1. The summed E-state index contributed by atoms with van der Waals surface area (Å²) in [5.41, 5.74) is -1.55. The zero-order valence-corrected chi connectivity index (χ0v) is 19.8. The van der Waals surface area contributed by atoms with E-state index in [1.165, 1.54) is 4.90 Å². The molecule has 2 amide bonds. The van der Waals surface area contributed by atoms with Crippen LogP contribution in [0.5, 0.6) is 0 Å². The maximum Gasteiger partial charge on any atom is 0.408 e. The van der Waals surface area contributed by atoms with E-state index in [2.05, 4.69) is 5.32 Å². The lowest BCUT2D eigenvalue weighted by molar-refractivity contribution is -0.165. The number of hydrogen-bond donors (Lipinski definition) is 1. The highest BCUT2D eigenvalue weighted by atomic mass is 16.6. The molecule has 34 heavy (non-hydrogen) atoms. The van der Waals surface area contributed by atoms with Crippen molar-refractivity contribution in [1.82, 2.24) is 5.32 Å². The molecule has 0 aliphatic carbocycles. The average molecular weight is 469 g/mol. The van der Waals surface area contributed by atoms with Crippen molar-refractivity contribution in [3.63, 3.8) is 0 Å². The predicted molar refractivity (Wildman–Crippen MR) is 123 cm³/mol. The van der Waals surface area contributed by atoms with E-state index in [9.17, 15) is 19.2 Å². The normalized spacial score (nSPS) is 17.2. The van der Waals surface area contributed by atoms with Crippen LogP contribution in [0.25, 0.3) is 0 Å². The van der Waals surface area contributed by atoms with Crippen LogP contribution < -0.4 is 10.2 Å². The summed E-state index contributed by atoms with van der Waals surface area (Å²) >= 11 is 0. The van der Waals surface area contributed by atoms with Crippen molar-refractivity contribution in [3.05, 3.63) is 65.7 Å². The van der Waals surface area contributed by atoms with Gasteiger partial charge in [-0.3, -0.25) is 14.4 Å². The van der Waals surface area contributed by atoms with E-state index in [1.807, 2.05) is 30.3 Å². The van der Waals surface area contributed by atoms with E-state index < -0.39 is 41.0 Å². The molecule has 0 bridgehead atoms. The number of nitrogens with zero attached hydrogens (tertiary/aromatic N) is 1. The fourth-order valence-corrected chi connectivity index (χ4v) is 4.02. The van der Waals surface area contributed by atoms with Crippen LogP contribution in [0, 0.1) is 5.92 Å². The zero-order chi connectivity index (χ0) is 25.1. The molecule has 1 aliphatic rings. The molecular formula is C25H28N2O7. The molecule has 9 nitrogen and oxygen atoms in total. The summed E-state index contributed by atoms with van der Waals surface area (Å²) in [5, 5.41) is 2.55. The SMILES string of the molecule is COC(=O)C(C(=O)OC)[C@@]1(NC(=O)OC(C)(C)C)C(=O)N(Cc2ccccc2)c2ccccc21. The second kappa shape index (κ2) is 9.54. The summed E-state index contributed by atoms with van der Waals surface area (Å²) < 4.78 is 15.1. The molecule has 0 unspecified atom stereocenters. The van der Waals surface area contributed by atoms with E-state index in [0.29, 0.717) is 5.69 Å². The minimum absolute atomic E-state index is 0.142. The molecule has 9 heteroatoms. The van der Waals surface area contributed by atoms with Gasteiger partial charge in [0, 0.05) is 5.56 Å². The first kappa shape index (κ1) is 24.8. The van der Waals surface area contributed by atoms with Gasteiger partial charge in [-0.05, 0) is 32.4 Å². The van der Waals surface area contributed by atoms with Gasteiger partial charge in [0.05, 0.1) is 26.5 Å². The second-order valence-electron chi connectivity index (χ2n) is 8.81. The number of alkyl carbamates (subject to hydrolysis) is 1. The third-order valence-corrected chi connectivity index (χ3v) is 5.39. The van der Waals surface area contributed by atoms with E-state index in [4.69, 9.17) is 14.2 Å². The summed E-state index contributed by atoms with van der Waals surface area (Å²) in [4.78, 5) is 54.3. The van der Waals surface area contributed by atoms with Crippen LogP contribution >= 0.6 is 0 Å². The molecule has 2 aromatic rings. The van der Waals surface area contributed by atoms with Gasteiger partial charge in [-0.15, -0.1) is 0 Å². The Morgan fingerprint density at radius 1 is 0.941 bits per heavy atom. The Balaban J connectivity index is 2.22. The first-order chi connectivity index (χ1) is 16.0. The van der Waals surface area contributed by atoms with Gasteiger partial charge in [0.2, 0.25) is 0 Å². The summed E-state index contributed by atoms with van der Waals surface area (Å²) in [6.45, 7) is 5.11. The number of rotatable bonds is 6. The van der Waals surface area contributed by atoms with E-state index >= 15 is 0 Å². The van der Waals surface area contributed by atoms with Gasteiger partial charge < -0.3 is 24.4 Å². The van der Waals surface area contributed by atoms with E-state index in [0.717, 1.165) is 19.8 Å². The smallest absolute Gasteiger partial charge is 0.408 e. The number of ether oxygens (including phenoxy) is 3. The lowest BCUT2D eigenvalue weighted by atomic mass is 9.78. The minimum atomic E-state index is -2.14. The van der Waals surface area contributed by atoms with Crippen LogP contribution in [-0.2, 0) is 40.7 Å². The third kappa shape index (κ3) is 4.59. The Morgan fingerprint density at radius 3 is 2.06 bits per heavy atom. The van der Waals surface area contributed by atoms with Gasteiger partial charge in [0.25, 0.3) is 5.91 Å². The number of anilines is 1. The molecule has 3 rings (SSSR count). The lowest BCUT2D eigenvalue weighted by Gasteiger charge is -2.34. The number of hydrogen-bond acceptors (Lipinski definition) is 7. The molecule has 0 spiro atoms. The van der Waals surface area contributed by atoms with Crippen molar-refractivity contribution >= 4 is 29.6 Å². The highest BCUT2D eigenvalue weighted by molar-refractivity contribution is 6.15. The Bertz CT molecular complexity index is 1080. The molecule has 1 N–H and O–H groups in total. The topological polar surface area (TPSA) is 111 Å². The monoisotopic (exact) mass is 468 g/mol. The van der Waals surface area contributed by atoms with E-state index in [1.54, 1.807) is 45.0 Å².